The maximum atomic E-state index is 6.02. The Morgan fingerprint density at radius 2 is 1.92 bits per heavy atom. The van der Waals surface area contributed by atoms with Crippen LogP contribution in [0.5, 0.6) is 0 Å². The molecule has 7 heteroatoms. The Hall–Kier alpha value is -2.08. The van der Waals surface area contributed by atoms with Crippen LogP contribution in [0.1, 0.15) is 18.3 Å². The number of rotatable bonds is 6. The number of allylic oxidation sites excluding steroid dienone is 1. The Kier molecular flexibility index (Phi) is 5.91. The Bertz CT molecular complexity index is 878. The molecule has 0 aliphatic rings. The van der Waals surface area contributed by atoms with Gasteiger partial charge in [0.2, 0.25) is 5.13 Å². The molecule has 0 spiro atoms. The van der Waals surface area contributed by atoms with Gasteiger partial charge in [0.25, 0.3) is 0 Å². The molecule has 0 saturated heterocycles. The molecule has 3 rings (SSSR count). The second kappa shape index (κ2) is 8.34. The maximum absolute atomic E-state index is 6.02. The van der Waals surface area contributed by atoms with Crippen molar-refractivity contribution in [2.75, 3.05) is 5.32 Å². The van der Waals surface area contributed by atoms with E-state index in [2.05, 4.69) is 32.1 Å². The van der Waals surface area contributed by atoms with Crippen LogP contribution in [0.2, 0.25) is 10.0 Å². The average Bonchev–Trinajstić information content (AvgIpc) is 3.04. The van der Waals surface area contributed by atoms with E-state index in [1.807, 2.05) is 37.3 Å². The normalized spacial score (nSPS) is 11.4. The van der Waals surface area contributed by atoms with Crippen LogP contribution >= 0.6 is 34.7 Å². The van der Waals surface area contributed by atoms with Crippen LogP contribution in [0.3, 0.4) is 0 Å². The van der Waals surface area contributed by atoms with E-state index in [4.69, 9.17) is 23.2 Å². The first-order valence-corrected chi connectivity index (χ1v) is 9.15. The molecule has 25 heavy (non-hydrogen) atoms. The Labute approximate surface area is 160 Å². The maximum Gasteiger partial charge on any atom is 0.207 e. The molecule has 3 aromatic rings. The molecule has 0 bridgehead atoms. The minimum atomic E-state index is 0.497. The molecule has 1 heterocycles. The summed E-state index contributed by atoms with van der Waals surface area (Å²) in [5, 5.41) is 8.24. The quantitative estimate of drug-likeness (QED) is 0.563. The van der Waals surface area contributed by atoms with Crippen molar-refractivity contribution < 1.29 is 0 Å². The number of hydrogen-bond acceptors (Lipinski definition) is 5. The third-order valence-electron chi connectivity index (χ3n) is 3.37. The van der Waals surface area contributed by atoms with E-state index in [1.54, 1.807) is 12.1 Å². The fourth-order valence-electron chi connectivity index (χ4n) is 2.12. The van der Waals surface area contributed by atoms with Crippen LogP contribution < -0.4 is 10.6 Å². The molecule has 0 atom stereocenters. The lowest BCUT2D eigenvalue weighted by Crippen LogP contribution is -2.10. The third kappa shape index (κ3) is 5.19. The predicted molar refractivity (Wildman–Crippen MR) is 107 cm³/mol. The zero-order valence-corrected chi connectivity index (χ0v) is 15.8. The van der Waals surface area contributed by atoms with Crippen LogP contribution in [0.25, 0.3) is 6.08 Å². The van der Waals surface area contributed by atoms with E-state index in [0.29, 0.717) is 21.0 Å². The van der Waals surface area contributed by atoms with Crippen molar-refractivity contribution in [1.82, 2.24) is 14.7 Å². The number of hydrogen-bond donors (Lipinski definition) is 2. The topological polar surface area (TPSA) is 49.8 Å². The largest absolute Gasteiger partial charge is 0.384 e. The first-order chi connectivity index (χ1) is 12.1. The SMILES string of the molecule is CC(=Cc1nsc(Nc2ccc(Cl)c(Cl)c2)n1)NCc1ccccc1. The van der Waals surface area contributed by atoms with Crippen molar-refractivity contribution in [2.45, 2.75) is 13.5 Å². The van der Waals surface area contributed by atoms with E-state index in [0.717, 1.165) is 17.9 Å². The first-order valence-electron chi connectivity index (χ1n) is 7.62. The lowest BCUT2D eigenvalue weighted by Gasteiger charge is -2.05. The molecule has 0 aliphatic carbocycles. The van der Waals surface area contributed by atoms with Crippen molar-refractivity contribution in [1.29, 1.82) is 0 Å². The highest BCUT2D eigenvalue weighted by molar-refractivity contribution is 7.09. The highest BCUT2D eigenvalue weighted by atomic mass is 35.5. The summed E-state index contributed by atoms with van der Waals surface area (Å²) in [6.07, 6.45) is 1.92. The molecule has 0 saturated carbocycles. The smallest absolute Gasteiger partial charge is 0.207 e. The number of aromatic nitrogens is 2. The van der Waals surface area contributed by atoms with Gasteiger partial charge in [-0.05, 0) is 30.7 Å². The zero-order chi connectivity index (χ0) is 17.6. The van der Waals surface area contributed by atoms with E-state index in [1.165, 1.54) is 17.1 Å². The van der Waals surface area contributed by atoms with Gasteiger partial charge < -0.3 is 10.6 Å². The van der Waals surface area contributed by atoms with Gasteiger partial charge in [0.05, 0.1) is 10.0 Å². The molecule has 0 aliphatic heterocycles. The Morgan fingerprint density at radius 1 is 1.12 bits per heavy atom. The molecule has 4 nitrogen and oxygen atoms in total. The summed E-state index contributed by atoms with van der Waals surface area (Å²) >= 11 is 13.2. The van der Waals surface area contributed by atoms with Gasteiger partial charge in [-0.15, -0.1) is 0 Å². The highest BCUT2D eigenvalue weighted by Crippen LogP contribution is 2.27. The molecule has 2 aromatic carbocycles. The molecule has 0 fully saturated rings. The molecule has 0 unspecified atom stereocenters. The van der Waals surface area contributed by atoms with E-state index in [-0.39, 0.29) is 0 Å². The fraction of sp³-hybridized carbons (Fsp3) is 0.111. The van der Waals surface area contributed by atoms with Crippen LogP contribution in [0.15, 0.2) is 54.2 Å². The Balaban J connectivity index is 1.61. The van der Waals surface area contributed by atoms with Crippen molar-refractivity contribution in [3.63, 3.8) is 0 Å². The predicted octanol–water partition coefficient (Wildman–Crippen LogP) is 5.74. The highest BCUT2D eigenvalue weighted by Gasteiger charge is 2.05. The van der Waals surface area contributed by atoms with Gasteiger partial charge in [-0.2, -0.15) is 9.36 Å². The molecular weight excluding hydrogens is 375 g/mol. The zero-order valence-electron chi connectivity index (χ0n) is 13.5. The Morgan fingerprint density at radius 3 is 2.68 bits per heavy atom. The number of benzene rings is 2. The number of halogens is 2. The minimum absolute atomic E-state index is 0.497. The molecule has 1 aromatic heterocycles. The summed E-state index contributed by atoms with van der Waals surface area (Å²) in [6, 6.07) is 15.6. The molecule has 128 valence electrons. The number of anilines is 2. The standard InChI is InChI=1S/C18H16Cl2N4S/c1-12(21-11-13-5-3-2-4-6-13)9-17-23-18(25-24-17)22-14-7-8-15(19)16(20)10-14/h2-10,21H,11H2,1H3,(H,22,23,24). The van der Waals surface area contributed by atoms with Gasteiger partial charge >= 0.3 is 0 Å². The average molecular weight is 391 g/mol. The van der Waals surface area contributed by atoms with Crippen LogP contribution in [-0.2, 0) is 6.54 Å². The fourth-order valence-corrected chi connectivity index (χ4v) is 2.99. The first kappa shape index (κ1) is 17.7. The number of nitrogens with one attached hydrogen (secondary N) is 2. The van der Waals surface area contributed by atoms with Gasteiger partial charge in [-0.1, -0.05) is 53.5 Å². The molecule has 0 radical (unpaired) electrons. The molecular formula is C18H16Cl2N4S. The van der Waals surface area contributed by atoms with Gasteiger partial charge in [0.15, 0.2) is 5.82 Å². The summed E-state index contributed by atoms with van der Waals surface area (Å²) in [4.78, 5) is 4.46. The van der Waals surface area contributed by atoms with E-state index in [9.17, 15) is 0 Å². The lowest BCUT2D eigenvalue weighted by atomic mass is 10.2. The summed E-state index contributed by atoms with van der Waals surface area (Å²) in [5.41, 5.74) is 3.05. The summed E-state index contributed by atoms with van der Waals surface area (Å²) in [5.74, 6) is 0.658. The molecule has 0 amide bonds. The van der Waals surface area contributed by atoms with E-state index < -0.39 is 0 Å². The molecule has 2 N–H and O–H groups in total. The van der Waals surface area contributed by atoms with Crippen molar-refractivity contribution in [2.24, 2.45) is 0 Å². The van der Waals surface area contributed by atoms with Crippen LogP contribution in [0.4, 0.5) is 10.8 Å². The van der Waals surface area contributed by atoms with E-state index >= 15 is 0 Å². The van der Waals surface area contributed by atoms with Gasteiger partial charge in [-0.25, -0.2) is 0 Å². The second-order valence-corrected chi connectivity index (χ2v) is 6.94. The third-order valence-corrected chi connectivity index (χ3v) is 4.76. The monoisotopic (exact) mass is 390 g/mol. The van der Waals surface area contributed by atoms with Crippen molar-refractivity contribution in [3.8, 4) is 0 Å². The lowest BCUT2D eigenvalue weighted by molar-refractivity contribution is 0.817. The van der Waals surface area contributed by atoms with Crippen LogP contribution in [-0.4, -0.2) is 9.36 Å². The second-order valence-electron chi connectivity index (χ2n) is 5.38. The summed E-state index contributed by atoms with van der Waals surface area (Å²) in [7, 11) is 0. The van der Waals surface area contributed by atoms with Crippen molar-refractivity contribution >= 4 is 51.6 Å². The minimum Gasteiger partial charge on any atom is -0.384 e. The summed E-state index contributed by atoms with van der Waals surface area (Å²) < 4.78 is 4.34. The summed E-state index contributed by atoms with van der Waals surface area (Å²) in [6.45, 7) is 2.76. The number of nitrogens with zero attached hydrogens (tertiary/aromatic N) is 2. The van der Waals surface area contributed by atoms with Gasteiger partial charge in [0.1, 0.15) is 0 Å². The van der Waals surface area contributed by atoms with Crippen molar-refractivity contribution in [3.05, 3.63) is 75.7 Å². The van der Waals surface area contributed by atoms with Gasteiger partial charge in [-0.3, -0.25) is 0 Å². The van der Waals surface area contributed by atoms with Crippen LogP contribution in [0, 0.1) is 0 Å². The van der Waals surface area contributed by atoms with Gasteiger partial charge in [0, 0.05) is 35.5 Å².